The van der Waals surface area contributed by atoms with Gasteiger partial charge in [-0.1, -0.05) is 24.3 Å². The molecule has 6 nitrogen and oxygen atoms in total. The number of aryl methyl sites for hydroxylation is 3. The second-order valence-electron chi connectivity index (χ2n) is 7.93. The molecule has 4 aromatic rings. The largest absolute Gasteiger partial charge is 0.467 e. The molecule has 2 aromatic carbocycles. The smallest absolute Gasteiger partial charge is 0.278 e. The fraction of sp³-hybridized carbons (Fsp3) is 0.192. The van der Waals surface area contributed by atoms with Crippen molar-refractivity contribution in [3.8, 4) is 11.6 Å². The van der Waals surface area contributed by atoms with Crippen molar-refractivity contribution in [3.63, 3.8) is 0 Å². The van der Waals surface area contributed by atoms with Gasteiger partial charge in [0.15, 0.2) is 6.61 Å². The molecule has 0 spiro atoms. The molecule has 1 amide bonds. The minimum atomic E-state index is -0.348. The van der Waals surface area contributed by atoms with Crippen molar-refractivity contribution < 1.29 is 9.53 Å². The number of nitrogens with one attached hydrogen (secondary N) is 1. The van der Waals surface area contributed by atoms with Crippen molar-refractivity contribution in [2.75, 3.05) is 6.61 Å². The maximum absolute atomic E-state index is 12.1. The first-order valence-corrected chi connectivity index (χ1v) is 10.5. The van der Waals surface area contributed by atoms with Gasteiger partial charge >= 0.3 is 0 Å². The third kappa shape index (κ3) is 4.70. The molecule has 0 unspecified atom stereocenters. The van der Waals surface area contributed by atoms with Crippen molar-refractivity contribution >= 4 is 23.0 Å². The van der Waals surface area contributed by atoms with Crippen LogP contribution in [0, 0.1) is 27.7 Å². The Morgan fingerprint density at radius 2 is 1.78 bits per heavy atom. The molecule has 0 aliphatic heterocycles. The molecular formula is C26H26N4O2. The molecule has 6 heteroatoms. The van der Waals surface area contributed by atoms with E-state index in [1.165, 1.54) is 11.1 Å². The fourth-order valence-electron chi connectivity index (χ4n) is 3.87. The average molecular weight is 427 g/mol. The van der Waals surface area contributed by atoms with E-state index in [-0.39, 0.29) is 12.5 Å². The number of amides is 1. The van der Waals surface area contributed by atoms with Crippen LogP contribution in [0.2, 0.25) is 0 Å². The fourth-order valence-corrected chi connectivity index (χ4v) is 3.87. The van der Waals surface area contributed by atoms with Crippen LogP contribution < -0.4 is 10.2 Å². The Morgan fingerprint density at radius 1 is 1.03 bits per heavy atom. The number of hydrogen-bond donors (Lipinski definition) is 1. The quantitative estimate of drug-likeness (QED) is 0.356. The molecule has 0 bridgehead atoms. The van der Waals surface area contributed by atoms with E-state index < -0.39 is 0 Å². The van der Waals surface area contributed by atoms with Gasteiger partial charge in [0.2, 0.25) is 5.88 Å². The lowest BCUT2D eigenvalue weighted by atomic mass is 10.1. The highest BCUT2D eigenvalue weighted by Crippen LogP contribution is 2.22. The van der Waals surface area contributed by atoms with E-state index in [0.717, 1.165) is 33.5 Å². The zero-order valence-electron chi connectivity index (χ0n) is 18.7. The number of hydrazone groups is 1. The van der Waals surface area contributed by atoms with Crippen LogP contribution in [0.25, 0.3) is 16.6 Å². The Balaban J connectivity index is 1.39. The SMILES string of the molecule is Cc1cc(C)cc(-n2c(C)cc(/C=N\NC(=O)COc3ccc4ccccc4n3)c2C)c1. The van der Waals surface area contributed by atoms with Crippen LogP contribution in [0.4, 0.5) is 0 Å². The number of hydrogen-bond acceptors (Lipinski definition) is 4. The Hall–Kier alpha value is -3.93. The Bertz CT molecular complexity index is 1300. The topological polar surface area (TPSA) is 68.5 Å². The van der Waals surface area contributed by atoms with Gasteiger partial charge in [-0.25, -0.2) is 10.4 Å². The first-order chi connectivity index (χ1) is 15.4. The van der Waals surface area contributed by atoms with Gasteiger partial charge in [-0.2, -0.15) is 5.10 Å². The molecule has 1 N–H and O–H groups in total. The Labute approximate surface area is 187 Å². The molecule has 0 saturated heterocycles. The van der Waals surface area contributed by atoms with Gasteiger partial charge < -0.3 is 9.30 Å². The van der Waals surface area contributed by atoms with Crippen LogP contribution in [0.1, 0.15) is 28.1 Å². The van der Waals surface area contributed by atoms with Gasteiger partial charge in [-0.3, -0.25) is 4.79 Å². The molecular weight excluding hydrogens is 400 g/mol. The van der Waals surface area contributed by atoms with E-state index in [1.807, 2.05) is 37.3 Å². The standard InChI is InChI=1S/C26H26N4O2/c1-17-11-18(2)13-23(12-17)30-19(3)14-22(20(30)4)15-27-29-25(31)16-32-26-10-9-21-7-5-6-8-24(21)28-26/h5-15H,16H2,1-4H3,(H,29,31)/b27-15-. The highest BCUT2D eigenvalue weighted by atomic mass is 16.5. The summed E-state index contributed by atoms with van der Waals surface area (Å²) in [5.41, 5.74) is 10.0. The van der Waals surface area contributed by atoms with Crippen LogP contribution in [0.3, 0.4) is 0 Å². The summed E-state index contributed by atoms with van der Waals surface area (Å²) in [7, 11) is 0. The number of carbonyl (C=O) groups excluding carboxylic acids is 1. The molecule has 4 rings (SSSR count). The highest BCUT2D eigenvalue weighted by molar-refractivity contribution is 5.84. The Kier molecular flexibility index (Phi) is 6.03. The number of para-hydroxylation sites is 1. The minimum absolute atomic E-state index is 0.162. The van der Waals surface area contributed by atoms with Gasteiger partial charge in [-0.15, -0.1) is 0 Å². The number of fused-ring (bicyclic) bond motifs is 1. The number of ether oxygens (including phenoxy) is 1. The lowest BCUT2D eigenvalue weighted by Crippen LogP contribution is -2.24. The van der Waals surface area contributed by atoms with E-state index in [1.54, 1.807) is 12.3 Å². The summed E-state index contributed by atoms with van der Waals surface area (Å²) in [6.45, 7) is 8.13. The number of benzene rings is 2. The third-order valence-corrected chi connectivity index (χ3v) is 5.25. The second-order valence-corrected chi connectivity index (χ2v) is 7.93. The number of aromatic nitrogens is 2. The van der Waals surface area contributed by atoms with Gasteiger partial charge in [0.05, 0.1) is 11.7 Å². The number of rotatable bonds is 6. The molecule has 0 aliphatic carbocycles. The zero-order valence-corrected chi connectivity index (χ0v) is 18.7. The third-order valence-electron chi connectivity index (χ3n) is 5.25. The summed E-state index contributed by atoms with van der Waals surface area (Å²) in [4.78, 5) is 16.5. The van der Waals surface area contributed by atoms with Gasteiger partial charge in [0, 0.05) is 34.1 Å². The van der Waals surface area contributed by atoms with Crippen molar-refractivity contribution in [1.29, 1.82) is 0 Å². The van der Waals surface area contributed by atoms with Crippen molar-refractivity contribution in [2.24, 2.45) is 5.10 Å². The van der Waals surface area contributed by atoms with Gasteiger partial charge in [0.1, 0.15) is 0 Å². The van der Waals surface area contributed by atoms with Gasteiger partial charge in [-0.05, 0) is 69.2 Å². The van der Waals surface area contributed by atoms with Crippen LogP contribution in [0.5, 0.6) is 5.88 Å². The molecule has 2 heterocycles. The van der Waals surface area contributed by atoms with E-state index in [9.17, 15) is 4.79 Å². The molecule has 0 atom stereocenters. The zero-order chi connectivity index (χ0) is 22.7. The molecule has 0 saturated carbocycles. The normalized spacial score (nSPS) is 11.2. The molecule has 162 valence electrons. The van der Waals surface area contributed by atoms with E-state index >= 15 is 0 Å². The monoisotopic (exact) mass is 426 g/mol. The second kappa shape index (κ2) is 9.06. The predicted octanol–water partition coefficient (Wildman–Crippen LogP) is 4.79. The number of carbonyl (C=O) groups is 1. The van der Waals surface area contributed by atoms with E-state index in [4.69, 9.17) is 4.74 Å². The molecule has 0 radical (unpaired) electrons. The summed E-state index contributed by atoms with van der Waals surface area (Å²) in [5, 5.41) is 5.13. The lowest BCUT2D eigenvalue weighted by molar-refractivity contribution is -0.123. The predicted molar refractivity (Wildman–Crippen MR) is 128 cm³/mol. The van der Waals surface area contributed by atoms with E-state index in [2.05, 4.69) is 65.1 Å². The van der Waals surface area contributed by atoms with Gasteiger partial charge in [0.25, 0.3) is 5.91 Å². The van der Waals surface area contributed by atoms with E-state index in [0.29, 0.717) is 5.88 Å². The maximum atomic E-state index is 12.1. The number of pyridine rings is 1. The van der Waals surface area contributed by atoms with Crippen LogP contribution in [0.15, 0.2) is 65.8 Å². The van der Waals surface area contributed by atoms with Crippen molar-refractivity contribution in [2.45, 2.75) is 27.7 Å². The van der Waals surface area contributed by atoms with Crippen LogP contribution >= 0.6 is 0 Å². The number of nitrogens with zero attached hydrogens (tertiary/aromatic N) is 3. The lowest BCUT2D eigenvalue weighted by Gasteiger charge is -2.11. The summed E-state index contributed by atoms with van der Waals surface area (Å²) < 4.78 is 7.70. The van der Waals surface area contributed by atoms with Crippen LogP contribution in [-0.4, -0.2) is 28.3 Å². The van der Waals surface area contributed by atoms with Crippen molar-refractivity contribution in [1.82, 2.24) is 15.0 Å². The molecule has 0 fully saturated rings. The summed E-state index contributed by atoms with van der Waals surface area (Å²) in [5.74, 6) is 0.0548. The molecule has 2 aromatic heterocycles. The Morgan fingerprint density at radius 3 is 2.56 bits per heavy atom. The van der Waals surface area contributed by atoms with Crippen LogP contribution in [-0.2, 0) is 4.79 Å². The first kappa shape index (κ1) is 21.3. The first-order valence-electron chi connectivity index (χ1n) is 10.5. The maximum Gasteiger partial charge on any atom is 0.278 e. The average Bonchev–Trinajstić information content (AvgIpc) is 3.04. The minimum Gasteiger partial charge on any atom is -0.467 e. The molecule has 32 heavy (non-hydrogen) atoms. The summed E-state index contributed by atoms with van der Waals surface area (Å²) >= 11 is 0. The summed E-state index contributed by atoms with van der Waals surface area (Å²) in [6.07, 6.45) is 1.66. The highest BCUT2D eigenvalue weighted by Gasteiger charge is 2.10. The van der Waals surface area contributed by atoms with Crippen molar-refractivity contribution in [3.05, 3.63) is 88.7 Å². The summed E-state index contributed by atoms with van der Waals surface area (Å²) in [6, 6.07) is 19.9. The molecule has 0 aliphatic rings.